The van der Waals surface area contributed by atoms with Crippen LogP contribution in [0.3, 0.4) is 0 Å². The summed E-state index contributed by atoms with van der Waals surface area (Å²) in [6.07, 6.45) is 17.4. The molecule has 8 aromatic rings. The van der Waals surface area contributed by atoms with Crippen molar-refractivity contribution < 1.29 is 18.9 Å². The summed E-state index contributed by atoms with van der Waals surface area (Å²) in [5, 5.41) is 6.98. The average Bonchev–Trinajstić information content (AvgIpc) is 1.75. The first kappa shape index (κ1) is 70.4. The van der Waals surface area contributed by atoms with E-state index in [0.29, 0.717) is 38.0 Å². The highest BCUT2D eigenvalue weighted by Crippen LogP contribution is 2.55. The van der Waals surface area contributed by atoms with Crippen LogP contribution in [0.5, 0.6) is 0 Å². The van der Waals surface area contributed by atoms with Crippen LogP contribution >= 0.6 is 81.1 Å². The predicted molar refractivity (Wildman–Crippen MR) is 419 cm³/mol. The topological polar surface area (TPSA) is 230 Å². The molecule has 0 radical (unpaired) electrons. The molecule has 17 nitrogen and oxygen atoms in total. The summed E-state index contributed by atoms with van der Waals surface area (Å²) in [4.78, 5) is 39.4. The molecule has 101 heavy (non-hydrogen) atoms. The van der Waals surface area contributed by atoms with E-state index in [4.69, 9.17) is 75.0 Å². The Morgan fingerprint density at radius 3 is 1.56 bits per heavy atom. The van der Waals surface area contributed by atoms with Crippen molar-refractivity contribution in [3.8, 4) is 62.1 Å². The second kappa shape index (κ2) is 28.2. The third kappa shape index (κ3) is 15.2. The fourth-order valence-electron chi connectivity index (χ4n) is 14.2. The molecule has 14 heterocycles. The molecule has 4 unspecified atom stereocenters. The third-order valence-electron chi connectivity index (χ3n) is 19.2. The van der Waals surface area contributed by atoms with E-state index < -0.39 is 0 Å². The number of ether oxygens (including phenoxy) is 4. The molecule has 516 valence electrons. The normalized spacial score (nSPS) is 24.9. The van der Waals surface area contributed by atoms with Gasteiger partial charge >= 0.3 is 0 Å². The third-order valence-corrected chi connectivity index (χ3v) is 27.6. The van der Waals surface area contributed by atoms with Crippen LogP contribution in [0.15, 0.2) is 153 Å². The van der Waals surface area contributed by atoms with Crippen LogP contribution in [-0.4, -0.2) is 107 Å². The van der Waals surface area contributed by atoms with Crippen molar-refractivity contribution >= 4 is 113 Å². The summed E-state index contributed by atoms with van der Waals surface area (Å²) in [5.74, 6) is 13.2. The van der Waals surface area contributed by atoms with Crippen molar-refractivity contribution in [3.05, 3.63) is 193 Å². The molecule has 0 bridgehead atoms. The molecular weight excluding hydrogens is 1400 g/mol. The van der Waals surface area contributed by atoms with E-state index in [-0.39, 0.29) is 41.1 Å². The number of aliphatic imine (C=N–C) groups is 4. The quantitative estimate of drug-likeness (QED) is 0.0819. The molecule has 0 amide bonds. The van der Waals surface area contributed by atoms with Crippen molar-refractivity contribution in [2.75, 3.05) is 52.9 Å². The smallest absolute Gasteiger partial charge is 0.205 e. The van der Waals surface area contributed by atoms with Gasteiger partial charge in [0.05, 0.1) is 119 Å². The lowest BCUT2D eigenvalue weighted by atomic mass is 9.83. The van der Waals surface area contributed by atoms with E-state index in [9.17, 15) is 0 Å². The minimum Gasteiger partial charge on any atom is -0.378 e. The number of aromatic nitrogens is 3. The Hall–Kier alpha value is -7.66. The lowest BCUT2D eigenvalue weighted by molar-refractivity contribution is -0.0209. The van der Waals surface area contributed by atoms with Gasteiger partial charge in [0.25, 0.3) is 0 Å². The molecule has 8 N–H and O–H groups in total. The number of hydrogen-bond acceptors (Lipinski definition) is 21. The van der Waals surface area contributed by atoms with E-state index in [2.05, 4.69) is 148 Å². The van der Waals surface area contributed by atoms with Gasteiger partial charge in [0.2, 0.25) is 5.69 Å². The van der Waals surface area contributed by atoms with E-state index in [1.807, 2.05) is 61.9 Å². The Bertz CT molecular complexity index is 4860. The first-order valence-electron chi connectivity index (χ1n) is 33.3. The highest BCUT2D eigenvalue weighted by atomic mass is 32.2. The maximum atomic E-state index is 7.18. The van der Waals surface area contributed by atoms with Crippen LogP contribution in [0.2, 0.25) is 0 Å². The van der Waals surface area contributed by atoms with Gasteiger partial charge in [-0.3, -0.25) is 29.9 Å². The highest BCUT2D eigenvalue weighted by Gasteiger charge is 2.54. The van der Waals surface area contributed by atoms with Crippen LogP contribution in [0.25, 0.3) is 48.1 Å². The number of pyridine rings is 2. The fraction of sp³-hybridized carbons (Fsp3) is 0.377. The second-order valence-electron chi connectivity index (χ2n) is 28.2. The largest absolute Gasteiger partial charge is 0.378 e. The van der Waals surface area contributed by atoms with Gasteiger partial charge in [-0.25, -0.2) is 9.69 Å². The first-order chi connectivity index (χ1) is 48.5. The number of benzene rings is 2. The molecule has 4 saturated heterocycles. The standard InChI is InChI=1S/C22H22N2OS2.C19H20N4OS.C18H18N4OS2.C18H17N3OS2/c1-21(12-22(13-25-14-22)27-20(23)24-21)19-10-18(11-26-19)17-4-2-3-16(9-17)8-7-15-5-6-15;1-3-4-14-7-16(9-21-8-14)23-6-5-15(10-23)18(2)11-19(12-24-13-19)25-17(20)22-18;1-11-4-14(12-5-13(20-3)7-21-6-12)24-15(11)17(2)8-18(9-23-10-18)25-16(19)22-17;1-17(9-18(10-22-11-18)24-16(19)21-17)15-7-13(8-23-15)12-4-3-5-14(6-12)20-2/h2-4,9-11,15H,5-6,12-14H2,1H3,(H2,23,24);5-10H,11-13H2,1-2H3,(H2,20,22);4-7H,8-10H2,1-2H3,(H2,19,22);3-8H,9-11H2,1H3,(H2,19,21). The zero-order chi connectivity index (χ0) is 70.4. The molecule has 24 heteroatoms. The summed E-state index contributed by atoms with van der Waals surface area (Å²) >= 11 is 11.8. The van der Waals surface area contributed by atoms with E-state index >= 15 is 0 Å². The van der Waals surface area contributed by atoms with Crippen molar-refractivity contribution in [2.24, 2.45) is 48.8 Å². The maximum absolute atomic E-state index is 7.18. The van der Waals surface area contributed by atoms with E-state index in [1.54, 1.807) is 93.5 Å². The monoisotopic (exact) mass is 1470 g/mol. The highest BCUT2D eigenvalue weighted by molar-refractivity contribution is 8.16. The summed E-state index contributed by atoms with van der Waals surface area (Å²) < 4.78 is 24.2. The van der Waals surface area contributed by atoms with Crippen LogP contribution < -0.4 is 22.9 Å². The molecule has 9 aliphatic rings. The van der Waals surface area contributed by atoms with Gasteiger partial charge in [0.1, 0.15) is 0 Å². The molecule has 1 saturated carbocycles. The Balaban J connectivity index is 0.000000114. The molecule has 17 rings (SSSR count). The van der Waals surface area contributed by atoms with Gasteiger partial charge in [0.15, 0.2) is 26.4 Å². The summed E-state index contributed by atoms with van der Waals surface area (Å²) in [7, 11) is 0. The zero-order valence-corrected chi connectivity index (χ0v) is 62.7. The van der Waals surface area contributed by atoms with Crippen LogP contribution in [0.4, 0.5) is 11.4 Å². The Kier molecular flexibility index (Phi) is 19.6. The first-order valence-corrected chi connectivity index (χ1v) is 39.1. The van der Waals surface area contributed by atoms with E-state index in [1.165, 1.54) is 44.2 Å². The molecular formula is C77H77N13O4S7. The number of rotatable bonds is 8. The summed E-state index contributed by atoms with van der Waals surface area (Å²) in [6, 6.07) is 28.9. The maximum Gasteiger partial charge on any atom is 0.205 e. The van der Waals surface area contributed by atoms with Gasteiger partial charge in [0, 0.05) is 67.5 Å². The van der Waals surface area contributed by atoms with Crippen molar-refractivity contribution in [2.45, 2.75) is 121 Å². The molecule has 2 aromatic carbocycles. The molecule has 4 spiro atoms. The SMILES string of the molecule is CC#Cc1cncc(-n2ccc(C3(C)CC4(COC4)SC(N)=N3)c2)c1.CC1(c2cc(-c3cccc(C#CC4CC4)c3)cs2)CC2(COC2)SC(N)=N1.[C-]#[N+]c1cccc(-c2csc(C3(C)CC4(COC4)SC(N)=N3)c2)c1.[C-]#[N+]c1cncc(-c2cc(C)c(C3(C)CC4(COC4)SC(N)=N3)s2)c1. The number of amidine groups is 4. The van der Waals surface area contributed by atoms with Gasteiger partial charge in [-0.2, -0.15) is 0 Å². The molecule has 4 atom stereocenters. The van der Waals surface area contributed by atoms with Gasteiger partial charge in [-0.05, 0) is 184 Å². The molecule has 5 fully saturated rings. The fourth-order valence-corrected chi connectivity index (χ4v) is 22.8. The van der Waals surface area contributed by atoms with Crippen molar-refractivity contribution in [3.63, 3.8) is 0 Å². The molecule has 1 aliphatic carbocycles. The van der Waals surface area contributed by atoms with Gasteiger partial charge in [-0.15, -0.1) is 39.9 Å². The summed E-state index contributed by atoms with van der Waals surface area (Å²) in [6.45, 7) is 32.9. The summed E-state index contributed by atoms with van der Waals surface area (Å²) in [5.41, 5.74) is 35.5. The second-order valence-corrected chi connectivity index (χ2v) is 37.0. The van der Waals surface area contributed by atoms with Gasteiger partial charge < -0.3 is 46.4 Å². The minimum atomic E-state index is -0.336. The van der Waals surface area contributed by atoms with Crippen LogP contribution in [-0.2, 0) is 41.1 Å². The van der Waals surface area contributed by atoms with E-state index in [0.717, 1.165) is 122 Å². The number of nitrogens with two attached hydrogens (primary N) is 4. The average molecular weight is 1470 g/mol. The number of nitrogens with zero attached hydrogens (tertiary/aromatic N) is 9. The minimum absolute atomic E-state index is 0.0583. The lowest BCUT2D eigenvalue weighted by Crippen LogP contribution is -2.54. The zero-order valence-electron chi connectivity index (χ0n) is 57.0. The Labute approximate surface area is 619 Å². The Morgan fingerprint density at radius 1 is 0.525 bits per heavy atom. The van der Waals surface area contributed by atoms with Crippen LogP contribution in [0, 0.1) is 49.7 Å². The van der Waals surface area contributed by atoms with Gasteiger partial charge in [-0.1, -0.05) is 95.1 Å². The van der Waals surface area contributed by atoms with Crippen molar-refractivity contribution in [1.82, 2.24) is 14.5 Å². The number of thiophene rings is 3. The van der Waals surface area contributed by atoms with Crippen molar-refractivity contribution in [1.29, 1.82) is 0 Å². The lowest BCUT2D eigenvalue weighted by Gasteiger charge is -2.47. The number of hydrogen-bond donors (Lipinski definition) is 4. The number of thioether (sulfide) groups is 4. The number of aryl methyl sites for hydroxylation is 1. The van der Waals surface area contributed by atoms with Crippen LogP contribution in [0.1, 0.15) is 110 Å². The predicted octanol–water partition coefficient (Wildman–Crippen LogP) is 15.8. The Morgan fingerprint density at radius 2 is 1.03 bits per heavy atom. The molecule has 8 aliphatic heterocycles. The molecule has 6 aromatic heterocycles.